The topological polar surface area (TPSA) is 125 Å². The van der Waals surface area contributed by atoms with Gasteiger partial charge in [0.25, 0.3) is 11.8 Å². The molecule has 9 nitrogen and oxygen atoms in total. The number of Topliss-reactive ketones (excluding diaryl/α,β-unsaturated/α-hetero) is 1. The third kappa shape index (κ3) is 5.43. The van der Waals surface area contributed by atoms with E-state index >= 15 is 0 Å². The molecule has 0 aliphatic rings. The van der Waals surface area contributed by atoms with Crippen LogP contribution in [0.1, 0.15) is 30.7 Å². The van der Waals surface area contributed by atoms with Gasteiger partial charge in [0, 0.05) is 17.8 Å². The zero-order valence-electron chi connectivity index (χ0n) is 19.5. The number of rotatable bonds is 11. The minimum absolute atomic E-state index is 0.0340. The summed E-state index contributed by atoms with van der Waals surface area (Å²) >= 11 is 0. The van der Waals surface area contributed by atoms with Crippen LogP contribution in [0.2, 0.25) is 0 Å². The first-order valence-corrected chi connectivity index (χ1v) is 10.9. The van der Waals surface area contributed by atoms with Crippen LogP contribution in [0, 0.1) is 0 Å². The molecule has 3 aromatic rings. The van der Waals surface area contributed by atoms with Gasteiger partial charge in [0.05, 0.1) is 17.4 Å². The summed E-state index contributed by atoms with van der Waals surface area (Å²) in [4.78, 5) is 40.6. The highest BCUT2D eigenvalue weighted by atomic mass is 16.6. The summed E-state index contributed by atoms with van der Waals surface area (Å²) in [5.74, 6) is -0.958. The van der Waals surface area contributed by atoms with Gasteiger partial charge < -0.3 is 25.2 Å². The Labute approximate surface area is 197 Å². The minimum Gasteiger partial charge on any atom is -0.483 e. The number of hydrogen-bond donors (Lipinski definition) is 2. The summed E-state index contributed by atoms with van der Waals surface area (Å²) in [6, 6.07) is 15.3. The number of oxime groups is 1. The number of primary amides is 1. The van der Waals surface area contributed by atoms with Gasteiger partial charge in [0.15, 0.2) is 12.3 Å². The largest absolute Gasteiger partial charge is 0.483 e. The lowest BCUT2D eigenvalue weighted by Crippen LogP contribution is -2.32. The van der Waals surface area contributed by atoms with Crippen LogP contribution in [0.15, 0.2) is 53.7 Å². The first-order chi connectivity index (χ1) is 16.4. The Balaban J connectivity index is 2.17. The zero-order valence-corrected chi connectivity index (χ0v) is 19.5. The number of carbonyl (C=O) groups is 3. The van der Waals surface area contributed by atoms with Crippen molar-refractivity contribution < 1.29 is 24.0 Å². The van der Waals surface area contributed by atoms with Gasteiger partial charge in [-0.1, -0.05) is 48.5 Å². The average Bonchev–Trinajstić information content (AvgIpc) is 3.13. The van der Waals surface area contributed by atoms with Crippen LogP contribution in [-0.2, 0) is 32.2 Å². The van der Waals surface area contributed by atoms with Crippen molar-refractivity contribution in [2.45, 2.75) is 26.8 Å². The van der Waals surface area contributed by atoms with Crippen LogP contribution >= 0.6 is 0 Å². The van der Waals surface area contributed by atoms with Gasteiger partial charge in [-0.2, -0.15) is 0 Å². The Morgan fingerprint density at radius 1 is 1.09 bits per heavy atom. The van der Waals surface area contributed by atoms with E-state index in [2.05, 4.69) is 15.0 Å². The number of fused-ring (bicyclic) bond motifs is 1. The number of benzene rings is 2. The number of hydrogen-bond acceptors (Lipinski definition) is 6. The molecule has 1 aromatic heterocycles. The van der Waals surface area contributed by atoms with Crippen LogP contribution in [0.25, 0.3) is 10.9 Å². The molecule has 0 aliphatic carbocycles. The number of nitrogens with one attached hydrogen (secondary N) is 1. The molecule has 0 spiro atoms. The smallest absolute Gasteiger partial charge is 0.271 e. The molecule has 2 aromatic carbocycles. The van der Waals surface area contributed by atoms with E-state index in [-0.39, 0.29) is 24.6 Å². The molecule has 34 heavy (non-hydrogen) atoms. The van der Waals surface area contributed by atoms with E-state index in [0.717, 1.165) is 16.8 Å². The maximum absolute atomic E-state index is 12.4. The standard InChI is InChI=1S/C25H28N4O5/c1-4-18-23(24(25(26)32)28-33-3)22-19(29(18)14-17-9-6-5-7-10-17)11-8-12-20(22)34-15-21(31)27-13-16(2)30/h5-12H,4,13-15H2,1-3H3,(H2,26,32)(H,27,31)/b28-24-. The molecule has 0 bridgehead atoms. The number of amides is 2. The molecule has 3 N–H and O–H groups in total. The number of nitrogens with zero attached hydrogens (tertiary/aromatic N) is 2. The summed E-state index contributed by atoms with van der Waals surface area (Å²) in [6.45, 7) is 3.53. The molecule has 0 radical (unpaired) electrons. The zero-order chi connectivity index (χ0) is 24.7. The van der Waals surface area contributed by atoms with Gasteiger partial charge in [-0.3, -0.25) is 14.4 Å². The number of nitrogens with two attached hydrogens (primary N) is 1. The summed E-state index contributed by atoms with van der Waals surface area (Å²) in [6.07, 6.45) is 0.575. The molecule has 0 atom stereocenters. The van der Waals surface area contributed by atoms with Gasteiger partial charge in [0.2, 0.25) is 0 Å². The first-order valence-electron chi connectivity index (χ1n) is 10.9. The Kier molecular flexibility index (Phi) is 8.02. The second kappa shape index (κ2) is 11.1. The minimum atomic E-state index is -0.746. The molecule has 3 rings (SSSR count). The van der Waals surface area contributed by atoms with E-state index in [1.807, 2.05) is 49.4 Å². The number of aromatic nitrogens is 1. The molecule has 178 valence electrons. The predicted octanol–water partition coefficient (Wildman–Crippen LogP) is 2.17. The van der Waals surface area contributed by atoms with Gasteiger partial charge >= 0.3 is 0 Å². The van der Waals surface area contributed by atoms with Crippen LogP contribution in [-0.4, -0.2) is 48.1 Å². The fraction of sp³-hybridized carbons (Fsp3) is 0.280. The lowest BCUT2D eigenvalue weighted by Gasteiger charge is -2.11. The quantitative estimate of drug-likeness (QED) is 0.332. The molecule has 0 fully saturated rings. The van der Waals surface area contributed by atoms with E-state index in [1.165, 1.54) is 14.0 Å². The maximum Gasteiger partial charge on any atom is 0.271 e. The maximum atomic E-state index is 12.4. The van der Waals surface area contributed by atoms with Crippen LogP contribution in [0.5, 0.6) is 5.75 Å². The molecule has 9 heteroatoms. The molecule has 0 saturated heterocycles. The van der Waals surface area contributed by atoms with E-state index in [9.17, 15) is 14.4 Å². The van der Waals surface area contributed by atoms with Crippen LogP contribution in [0.4, 0.5) is 0 Å². The van der Waals surface area contributed by atoms with E-state index in [0.29, 0.717) is 29.7 Å². The third-order valence-corrected chi connectivity index (χ3v) is 5.22. The summed E-state index contributed by atoms with van der Waals surface area (Å²) < 4.78 is 7.92. The molecule has 2 amide bonds. The van der Waals surface area contributed by atoms with E-state index < -0.39 is 11.8 Å². The first kappa shape index (κ1) is 24.5. The number of ketones is 1. The fourth-order valence-corrected chi connectivity index (χ4v) is 3.83. The highest BCUT2D eigenvalue weighted by Crippen LogP contribution is 2.35. The Morgan fingerprint density at radius 2 is 1.82 bits per heavy atom. The van der Waals surface area contributed by atoms with E-state index in [1.54, 1.807) is 6.07 Å². The van der Waals surface area contributed by atoms with Crippen molar-refractivity contribution >= 4 is 34.2 Å². The van der Waals surface area contributed by atoms with Crippen LogP contribution < -0.4 is 15.8 Å². The van der Waals surface area contributed by atoms with Crippen molar-refractivity contribution in [1.82, 2.24) is 9.88 Å². The van der Waals surface area contributed by atoms with Crippen molar-refractivity contribution in [3.63, 3.8) is 0 Å². The highest BCUT2D eigenvalue weighted by Gasteiger charge is 2.26. The van der Waals surface area contributed by atoms with Gasteiger partial charge in [-0.15, -0.1) is 0 Å². The molecule has 0 saturated carbocycles. The molecular weight excluding hydrogens is 436 g/mol. The lowest BCUT2D eigenvalue weighted by atomic mass is 10.0. The number of ether oxygens (including phenoxy) is 1. The Bertz CT molecular complexity index is 1230. The summed E-state index contributed by atoms with van der Waals surface area (Å²) in [7, 11) is 1.34. The van der Waals surface area contributed by atoms with Crippen LogP contribution in [0.3, 0.4) is 0 Å². The second-order valence-corrected chi connectivity index (χ2v) is 7.65. The van der Waals surface area contributed by atoms with Gasteiger partial charge in [-0.25, -0.2) is 0 Å². The third-order valence-electron chi connectivity index (χ3n) is 5.22. The number of carbonyl (C=O) groups excluding carboxylic acids is 3. The van der Waals surface area contributed by atoms with Crippen molar-refractivity contribution in [3.8, 4) is 5.75 Å². The highest BCUT2D eigenvalue weighted by molar-refractivity contribution is 6.47. The predicted molar refractivity (Wildman–Crippen MR) is 129 cm³/mol. The summed E-state index contributed by atoms with van der Waals surface area (Å²) in [5.41, 5.74) is 8.83. The fourth-order valence-electron chi connectivity index (χ4n) is 3.83. The van der Waals surface area contributed by atoms with Crippen molar-refractivity contribution in [3.05, 3.63) is 65.4 Å². The summed E-state index contributed by atoms with van der Waals surface area (Å²) in [5, 5.41) is 7.02. The molecule has 1 heterocycles. The van der Waals surface area contributed by atoms with Gasteiger partial charge in [0.1, 0.15) is 18.6 Å². The lowest BCUT2D eigenvalue weighted by molar-refractivity contribution is -0.125. The SMILES string of the molecule is CCc1c(/C(=N/OC)C(N)=O)c2c(OCC(=O)NCC(C)=O)cccc2n1Cc1ccccc1. The van der Waals surface area contributed by atoms with Crippen molar-refractivity contribution in [1.29, 1.82) is 0 Å². The normalized spacial score (nSPS) is 11.3. The van der Waals surface area contributed by atoms with Crippen molar-refractivity contribution in [2.75, 3.05) is 20.3 Å². The second-order valence-electron chi connectivity index (χ2n) is 7.65. The molecular formula is C25H28N4O5. The van der Waals surface area contributed by atoms with E-state index in [4.69, 9.17) is 15.3 Å². The monoisotopic (exact) mass is 464 g/mol. The average molecular weight is 465 g/mol. The molecule has 0 unspecified atom stereocenters. The Hall–Kier alpha value is -4.14. The molecule has 0 aliphatic heterocycles. The van der Waals surface area contributed by atoms with Gasteiger partial charge in [-0.05, 0) is 31.0 Å². The Morgan fingerprint density at radius 3 is 2.44 bits per heavy atom. The van der Waals surface area contributed by atoms with Crippen molar-refractivity contribution in [2.24, 2.45) is 10.9 Å².